The van der Waals surface area contributed by atoms with Crippen molar-refractivity contribution in [3.05, 3.63) is 0 Å². The van der Waals surface area contributed by atoms with E-state index in [0.717, 1.165) is 0 Å². The topological polar surface area (TPSA) is 40.5 Å². The summed E-state index contributed by atoms with van der Waals surface area (Å²) in [4.78, 5) is 0. The van der Waals surface area contributed by atoms with Gasteiger partial charge in [-0.2, -0.15) is 12.6 Å². The van der Waals surface area contributed by atoms with Crippen LogP contribution in [-0.2, 0) is 11.3 Å². The van der Waals surface area contributed by atoms with Crippen molar-refractivity contribution in [2.24, 2.45) is 0 Å². The highest BCUT2D eigenvalue weighted by atomic mass is 32.2. The second-order valence-electron chi connectivity index (χ2n) is 1.31. The lowest BCUT2D eigenvalue weighted by Gasteiger charge is -2.06. The zero-order valence-corrected chi connectivity index (χ0v) is 6.28. The van der Waals surface area contributed by atoms with Gasteiger partial charge in [-0.3, -0.25) is 4.55 Å². The van der Waals surface area contributed by atoms with E-state index in [0.29, 0.717) is 12.3 Å². The van der Waals surface area contributed by atoms with Crippen molar-refractivity contribution in [1.82, 2.24) is 4.31 Å². The molecule has 1 atom stereocenters. The Bertz CT molecular complexity index is 87.4. The highest BCUT2D eigenvalue weighted by molar-refractivity contribution is 7.80. The van der Waals surface area contributed by atoms with Crippen LogP contribution in [0.15, 0.2) is 0 Å². The third kappa shape index (κ3) is 3.43. The van der Waals surface area contributed by atoms with E-state index >= 15 is 0 Å². The first-order valence-electron chi connectivity index (χ1n) is 2.11. The van der Waals surface area contributed by atoms with E-state index < -0.39 is 11.3 Å². The molecule has 0 bridgehead atoms. The molecule has 0 saturated carbocycles. The lowest BCUT2D eigenvalue weighted by Crippen LogP contribution is -2.22. The van der Waals surface area contributed by atoms with Crippen LogP contribution in [0.1, 0.15) is 0 Å². The number of nitrogens with zero attached hydrogens (tertiary/aromatic N) is 1. The van der Waals surface area contributed by atoms with Crippen LogP contribution in [0.4, 0.5) is 0 Å². The first-order valence-corrected chi connectivity index (χ1v) is 3.81. The Labute approximate surface area is 56.9 Å². The molecular weight excluding hydrogens is 146 g/mol. The van der Waals surface area contributed by atoms with Crippen molar-refractivity contribution < 1.29 is 8.76 Å². The van der Waals surface area contributed by atoms with Gasteiger partial charge in [-0.25, -0.2) is 8.51 Å². The fourth-order valence-electron chi connectivity index (χ4n) is 0.219. The molecule has 1 unspecified atom stereocenters. The summed E-state index contributed by atoms with van der Waals surface area (Å²) < 4.78 is 19.7. The van der Waals surface area contributed by atoms with Crippen LogP contribution in [0.2, 0.25) is 0 Å². The molecule has 50 valence electrons. The van der Waals surface area contributed by atoms with Crippen LogP contribution < -0.4 is 0 Å². The highest BCUT2D eigenvalue weighted by Crippen LogP contribution is 1.85. The van der Waals surface area contributed by atoms with Crippen molar-refractivity contribution in [3.8, 4) is 0 Å². The minimum absolute atomic E-state index is 0.534. The average molecular weight is 155 g/mol. The van der Waals surface area contributed by atoms with E-state index in [1.54, 1.807) is 7.05 Å². The molecule has 3 nitrogen and oxygen atoms in total. The summed E-state index contributed by atoms with van der Waals surface area (Å²) in [5.74, 6) is 0.600. The Hall–Kier alpha value is 0.420. The fraction of sp³-hybridized carbons (Fsp3) is 1.00. The molecule has 0 aromatic heterocycles. The van der Waals surface area contributed by atoms with Crippen LogP contribution >= 0.6 is 12.6 Å². The maximum absolute atomic E-state index is 10.1. The number of hydrogen-bond acceptors (Lipinski definition) is 2. The smallest absolute Gasteiger partial charge is 0.234 e. The molecule has 0 spiro atoms. The molecule has 0 saturated heterocycles. The minimum Gasteiger partial charge on any atom is -0.294 e. The number of hydrogen-bond donors (Lipinski definition) is 2. The van der Waals surface area contributed by atoms with Crippen LogP contribution in [0, 0.1) is 0 Å². The zero-order valence-electron chi connectivity index (χ0n) is 4.57. The van der Waals surface area contributed by atoms with E-state index in [1.807, 2.05) is 0 Å². The van der Waals surface area contributed by atoms with Gasteiger partial charge in [0, 0.05) is 19.3 Å². The minimum atomic E-state index is -1.83. The second kappa shape index (κ2) is 4.31. The second-order valence-corrected chi connectivity index (χ2v) is 2.84. The third-order valence-electron chi connectivity index (χ3n) is 0.682. The third-order valence-corrected chi connectivity index (χ3v) is 1.60. The van der Waals surface area contributed by atoms with Crippen LogP contribution in [0.5, 0.6) is 0 Å². The summed E-state index contributed by atoms with van der Waals surface area (Å²) in [6.45, 7) is 0.534. The molecular formula is C3H9NO2S2. The average Bonchev–Trinajstić information content (AvgIpc) is 1.67. The van der Waals surface area contributed by atoms with Crippen molar-refractivity contribution in [2.45, 2.75) is 0 Å². The summed E-state index contributed by atoms with van der Waals surface area (Å²) in [6.07, 6.45) is 0. The van der Waals surface area contributed by atoms with Gasteiger partial charge in [-0.05, 0) is 0 Å². The molecule has 0 fully saturated rings. The largest absolute Gasteiger partial charge is 0.294 e. The SMILES string of the molecule is CN(CCS)S(=O)O. The Morgan fingerprint density at radius 3 is 2.50 bits per heavy atom. The number of rotatable bonds is 3. The van der Waals surface area contributed by atoms with Gasteiger partial charge in [0.15, 0.2) is 0 Å². The summed E-state index contributed by atoms with van der Waals surface area (Å²) in [5, 5.41) is 0. The van der Waals surface area contributed by atoms with Crippen LogP contribution in [-0.4, -0.2) is 32.4 Å². The lowest BCUT2D eigenvalue weighted by molar-refractivity contribution is 0.463. The Kier molecular flexibility index (Phi) is 4.54. The van der Waals surface area contributed by atoms with Crippen molar-refractivity contribution in [1.29, 1.82) is 0 Å². The molecule has 0 aromatic carbocycles. The first kappa shape index (κ1) is 8.42. The van der Waals surface area contributed by atoms with E-state index in [-0.39, 0.29) is 0 Å². The Balaban J connectivity index is 3.32. The van der Waals surface area contributed by atoms with E-state index in [1.165, 1.54) is 4.31 Å². The summed E-state index contributed by atoms with van der Waals surface area (Å²) in [7, 11) is 1.56. The van der Waals surface area contributed by atoms with Gasteiger partial charge in [-0.15, -0.1) is 0 Å². The lowest BCUT2D eigenvalue weighted by atomic mass is 10.8. The standard InChI is InChI=1S/C3H9NO2S2/c1-4(2-3-7)8(5)6/h7H,2-3H2,1H3,(H,5,6). The quantitative estimate of drug-likeness (QED) is 0.444. The molecule has 0 rings (SSSR count). The fourth-order valence-corrected chi connectivity index (χ4v) is 0.902. The highest BCUT2D eigenvalue weighted by Gasteiger charge is 1.99. The van der Waals surface area contributed by atoms with Gasteiger partial charge in [0.2, 0.25) is 11.3 Å². The van der Waals surface area contributed by atoms with Crippen molar-refractivity contribution >= 4 is 23.9 Å². The van der Waals surface area contributed by atoms with Gasteiger partial charge >= 0.3 is 0 Å². The zero-order chi connectivity index (χ0) is 6.57. The van der Waals surface area contributed by atoms with Gasteiger partial charge in [-0.1, -0.05) is 0 Å². The predicted molar refractivity (Wildman–Crippen MR) is 37.3 cm³/mol. The van der Waals surface area contributed by atoms with Crippen molar-refractivity contribution in [2.75, 3.05) is 19.3 Å². The van der Waals surface area contributed by atoms with E-state index in [2.05, 4.69) is 12.6 Å². The number of thiol groups is 1. The van der Waals surface area contributed by atoms with Gasteiger partial charge in [0.25, 0.3) is 0 Å². The monoisotopic (exact) mass is 155 g/mol. The Morgan fingerprint density at radius 2 is 2.38 bits per heavy atom. The molecule has 5 heteroatoms. The maximum Gasteiger partial charge on any atom is 0.234 e. The van der Waals surface area contributed by atoms with Gasteiger partial charge < -0.3 is 0 Å². The molecule has 0 aliphatic rings. The molecule has 0 aromatic rings. The molecule has 0 aliphatic heterocycles. The predicted octanol–water partition coefficient (Wildman–Crippen LogP) is -0.0153. The molecule has 0 radical (unpaired) electrons. The summed E-state index contributed by atoms with van der Waals surface area (Å²) in [6, 6.07) is 0. The molecule has 0 heterocycles. The van der Waals surface area contributed by atoms with Crippen LogP contribution in [0.25, 0.3) is 0 Å². The van der Waals surface area contributed by atoms with E-state index in [9.17, 15) is 4.21 Å². The van der Waals surface area contributed by atoms with Crippen molar-refractivity contribution in [3.63, 3.8) is 0 Å². The van der Waals surface area contributed by atoms with Gasteiger partial charge in [0.1, 0.15) is 0 Å². The normalized spacial score (nSPS) is 14.5. The molecule has 1 N–H and O–H groups in total. The molecule has 0 aliphatic carbocycles. The van der Waals surface area contributed by atoms with E-state index in [4.69, 9.17) is 4.55 Å². The molecule has 0 amide bonds. The first-order chi connectivity index (χ1) is 3.68. The maximum atomic E-state index is 10.1. The van der Waals surface area contributed by atoms with Gasteiger partial charge in [0.05, 0.1) is 0 Å². The Morgan fingerprint density at radius 1 is 1.88 bits per heavy atom. The summed E-state index contributed by atoms with van der Waals surface area (Å²) in [5.41, 5.74) is 0. The molecule has 8 heavy (non-hydrogen) atoms. The summed E-state index contributed by atoms with van der Waals surface area (Å²) >= 11 is 2.04. The van der Waals surface area contributed by atoms with Crippen LogP contribution in [0.3, 0.4) is 0 Å².